The van der Waals surface area contributed by atoms with E-state index in [9.17, 15) is 18.0 Å². The van der Waals surface area contributed by atoms with Crippen molar-refractivity contribution in [2.45, 2.75) is 11.8 Å². The Labute approximate surface area is 198 Å². The zero-order valence-electron chi connectivity index (χ0n) is 18.8. The maximum atomic E-state index is 13.3. The number of aromatic nitrogens is 1. The van der Waals surface area contributed by atoms with Gasteiger partial charge in [0.25, 0.3) is 5.91 Å². The maximum Gasteiger partial charge on any atom is 0.258 e. The third kappa shape index (κ3) is 5.35. The highest BCUT2D eigenvalue weighted by atomic mass is 32.2. The van der Waals surface area contributed by atoms with Gasteiger partial charge in [-0.25, -0.2) is 8.42 Å². The van der Waals surface area contributed by atoms with Gasteiger partial charge in [0.15, 0.2) is 6.61 Å². The normalized spacial score (nSPS) is 14.7. The second-order valence-corrected chi connectivity index (χ2v) is 9.91. The first kappa shape index (κ1) is 23.7. The van der Waals surface area contributed by atoms with Gasteiger partial charge in [-0.3, -0.25) is 14.6 Å². The summed E-state index contributed by atoms with van der Waals surface area (Å²) in [5, 5.41) is 3.31. The number of carbonyl (C=O) groups is 2. The third-order valence-corrected chi connectivity index (χ3v) is 7.50. The maximum absolute atomic E-state index is 13.3. The fourth-order valence-electron chi connectivity index (χ4n) is 3.77. The van der Waals surface area contributed by atoms with Crippen molar-refractivity contribution in [2.75, 3.05) is 39.3 Å². The van der Waals surface area contributed by atoms with Crippen molar-refractivity contribution in [2.24, 2.45) is 0 Å². The highest BCUT2D eigenvalue weighted by molar-refractivity contribution is 7.89. The molecular weight excluding hydrogens is 456 g/mol. The summed E-state index contributed by atoms with van der Waals surface area (Å²) in [4.78, 5) is 30.5. The molecule has 0 bridgehead atoms. The Hall–Kier alpha value is -3.50. The summed E-state index contributed by atoms with van der Waals surface area (Å²) < 4.78 is 33.3. The van der Waals surface area contributed by atoms with Crippen molar-refractivity contribution in [3.8, 4) is 5.75 Å². The molecule has 0 radical (unpaired) electrons. The summed E-state index contributed by atoms with van der Waals surface area (Å²) in [7, 11) is -3.76. The molecule has 1 fully saturated rings. The van der Waals surface area contributed by atoms with Crippen LogP contribution in [-0.4, -0.2) is 73.8 Å². The predicted octanol–water partition coefficient (Wildman–Crippen LogP) is 1.57. The SMILES string of the molecule is Cc1cnc2c(S(=O)(=O)N3CCN(C(=O)CNC(=O)COc4ccccc4)CC3)cccc2c1. The fourth-order valence-corrected chi connectivity index (χ4v) is 5.36. The van der Waals surface area contributed by atoms with Crippen molar-refractivity contribution < 1.29 is 22.7 Å². The molecule has 178 valence electrons. The van der Waals surface area contributed by atoms with E-state index in [0.717, 1.165) is 10.9 Å². The van der Waals surface area contributed by atoms with Crippen LogP contribution in [0.5, 0.6) is 5.75 Å². The monoisotopic (exact) mass is 482 g/mol. The summed E-state index contributed by atoms with van der Waals surface area (Å²) in [6.45, 7) is 2.36. The molecule has 2 amide bonds. The van der Waals surface area contributed by atoms with Crippen LogP contribution in [0.3, 0.4) is 0 Å². The van der Waals surface area contributed by atoms with E-state index in [4.69, 9.17) is 4.74 Å². The van der Waals surface area contributed by atoms with Gasteiger partial charge in [-0.2, -0.15) is 4.31 Å². The van der Waals surface area contributed by atoms with Gasteiger partial charge in [0.05, 0.1) is 12.1 Å². The highest BCUT2D eigenvalue weighted by Gasteiger charge is 2.31. The Morgan fingerprint density at radius 3 is 2.50 bits per heavy atom. The fraction of sp³-hybridized carbons (Fsp3) is 0.292. The van der Waals surface area contributed by atoms with Gasteiger partial charge in [0.1, 0.15) is 10.6 Å². The molecule has 9 nitrogen and oxygen atoms in total. The van der Waals surface area contributed by atoms with E-state index in [2.05, 4.69) is 10.3 Å². The number of carbonyl (C=O) groups excluding carboxylic acids is 2. The minimum absolute atomic E-state index is 0.162. The minimum Gasteiger partial charge on any atom is -0.484 e. The van der Waals surface area contributed by atoms with Crippen LogP contribution in [-0.2, 0) is 19.6 Å². The number of nitrogens with one attached hydrogen (secondary N) is 1. The van der Waals surface area contributed by atoms with Gasteiger partial charge < -0.3 is 15.0 Å². The molecule has 3 aromatic rings. The minimum atomic E-state index is -3.76. The molecular formula is C24H26N4O5S. The third-order valence-electron chi connectivity index (χ3n) is 5.57. The number of rotatable bonds is 7. The van der Waals surface area contributed by atoms with Crippen molar-refractivity contribution >= 4 is 32.7 Å². The molecule has 10 heteroatoms. The highest BCUT2D eigenvalue weighted by Crippen LogP contribution is 2.25. The number of amides is 2. The van der Waals surface area contributed by atoms with E-state index in [-0.39, 0.29) is 50.1 Å². The zero-order valence-corrected chi connectivity index (χ0v) is 19.6. The van der Waals surface area contributed by atoms with Crippen molar-refractivity contribution in [3.05, 3.63) is 66.4 Å². The van der Waals surface area contributed by atoms with Crippen LogP contribution in [0, 0.1) is 6.92 Å². The molecule has 2 heterocycles. The molecule has 0 aliphatic carbocycles. The average Bonchev–Trinajstić information content (AvgIpc) is 2.86. The van der Waals surface area contributed by atoms with E-state index in [1.54, 1.807) is 47.5 Å². The number of pyridine rings is 1. The van der Waals surface area contributed by atoms with Crippen molar-refractivity contribution in [3.63, 3.8) is 0 Å². The first-order valence-electron chi connectivity index (χ1n) is 10.9. The Morgan fingerprint density at radius 2 is 1.76 bits per heavy atom. The number of fused-ring (bicyclic) bond motifs is 1. The topological polar surface area (TPSA) is 109 Å². The molecule has 1 N–H and O–H groups in total. The summed E-state index contributed by atoms with van der Waals surface area (Å²) >= 11 is 0. The molecule has 2 aromatic carbocycles. The summed E-state index contributed by atoms with van der Waals surface area (Å²) in [6, 6.07) is 15.9. The van der Waals surface area contributed by atoms with Gasteiger partial charge in [-0.1, -0.05) is 30.3 Å². The molecule has 1 aliphatic rings. The second kappa shape index (κ2) is 10.2. The molecule has 1 saturated heterocycles. The number of benzene rings is 2. The van der Waals surface area contributed by atoms with Crippen LogP contribution < -0.4 is 10.1 Å². The number of hydrogen-bond donors (Lipinski definition) is 1. The molecule has 4 rings (SSSR count). The summed E-state index contributed by atoms with van der Waals surface area (Å²) in [5.41, 5.74) is 1.39. The van der Waals surface area contributed by atoms with Gasteiger partial charge >= 0.3 is 0 Å². The lowest BCUT2D eigenvalue weighted by Crippen LogP contribution is -2.52. The molecule has 0 atom stereocenters. The van der Waals surface area contributed by atoms with Crippen LogP contribution in [0.4, 0.5) is 0 Å². The van der Waals surface area contributed by atoms with Crippen LogP contribution in [0.25, 0.3) is 10.9 Å². The van der Waals surface area contributed by atoms with Gasteiger partial charge in [-0.15, -0.1) is 0 Å². The Bertz CT molecular complexity index is 1290. The molecule has 0 saturated carbocycles. The molecule has 1 aromatic heterocycles. The standard InChI is InChI=1S/C24H26N4O5S/c1-18-14-19-6-5-9-21(24(19)26-15-18)34(31,32)28-12-10-27(11-13-28)23(30)16-25-22(29)17-33-20-7-3-2-4-8-20/h2-9,14-15H,10-13,16-17H2,1H3,(H,25,29). The first-order chi connectivity index (χ1) is 16.3. The smallest absolute Gasteiger partial charge is 0.258 e. The Kier molecular flexibility index (Phi) is 7.09. The van der Waals surface area contributed by atoms with Gasteiger partial charge in [0.2, 0.25) is 15.9 Å². The van der Waals surface area contributed by atoms with Crippen LogP contribution in [0.15, 0.2) is 65.7 Å². The molecule has 0 unspecified atom stereocenters. The molecule has 0 spiro atoms. The first-order valence-corrected chi connectivity index (χ1v) is 12.4. The molecule has 1 aliphatic heterocycles. The van der Waals surface area contributed by atoms with Crippen LogP contribution in [0.1, 0.15) is 5.56 Å². The number of sulfonamides is 1. The van der Waals surface area contributed by atoms with E-state index < -0.39 is 15.9 Å². The Balaban J connectivity index is 1.30. The van der Waals surface area contributed by atoms with Gasteiger partial charge in [0, 0.05) is 37.8 Å². The van der Waals surface area contributed by atoms with Crippen LogP contribution in [0.2, 0.25) is 0 Å². The average molecular weight is 483 g/mol. The van der Waals surface area contributed by atoms with Gasteiger partial charge in [-0.05, 0) is 36.8 Å². The zero-order chi connectivity index (χ0) is 24.1. The Morgan fingerprint density at radius 1 is 1.03 bits per heavy atom. The van der Waals surface area contributed by atoms with Crippen LogP contribution >= 0.6 is 0 Å². The number of aryl methyl sites for hydroxylation is 1. The van der Waals surface area contributed by atoms with E-state index >= 15 is 0 Å². The molecule has 34 heavy (non-hydrogen) atoms. The number of ether oxygens (including phenoxy) is 1. The quantitative estimate of drug-likeness (QED) is 0.548. The van der Waals surface area contributed by atoms with Crippen molar-refractivity contribution in [1.29, 1.82) is 0 Å². The largest absolute Gasteiger partial charge is 0.484 e. The summed E-state index contributed by atoms with van der Waals surface area (Å²) in [6.07, 6.45) is 1.65. The lowest BCUT2D eigenvalue weighted by Gasteiger charge is -2.34. The van der Waals surface area contributed by atoms with Crippen molar-refractivity contribution in [1.82, 2.24) is 19.5 Å². The lowest BCUT2D eigenvalue weighted by atomic mass is 10.2. The van der Waals surface area contributed by atoms with E-state index in [1.807, 2.05) is 25.1 Å². The second-order valence-electron chi connectivity index (χ2n) is 8.00. The number of para-hydroxylation sites is 2. The number of nitrogens with zero attached hydrogens (tertiary/aromatic N) is 3. The predicted molar refractivity (Wildman–Crippen MR) is 127 cm³/mol. The number of hydrogen-bond acceptors (Lipinski definition) is 6. The van der Waals surface area contributed by atoms with E-state index in [0.29, 0.717) is 11.3 Å². The van der Waals surface area contributed by atoms with E-state index in [1.165, 1.54) is 4.31 Å². The summed E-state index contributed by atoms with van der Waals surface area (Å²) in [5.74, 6) is -0.109. The lowest BCUT2D eigenvalue weighted by molar-refractivity contribution is -0.134. The number of piperazine rings is 1.